The molecule has 2 aromatic rings. The predicted molar refractivity (Wildman–Crippen MR) is 146 cm³/mol. The maximum atomic E-state index is 13.9. The first kappa shape index (κ1) is 31.0. The minimum absolute atomic E-state index is 0.00107. The number of carbonyl (C=O) groups is 2. The molecule has 0 spiro atoms. The van der Waals surface area contributed by atoms with Gasteiger partial charge in [-0.25, -0.2) is 0 Å². The number of aliphatic hydroxyl groups is 1. The minimum atomic E-state index is -5.20. The number of alkyl halides is 3. The van der Waals surface area contributed by atoms with Crippen molar-refractivity contribution in [1.82, 2.24) is 15.1 Å². The Bertz CT molecular complexity index is 1160. The number of nitrogens with one attached hydrogen (secondary N) is 2. The fourth-order valence-corrected chi connectivity index (χ4v) is 4.93. The van der Waals surface area contributed by atoms with E-state index in [2.05, 4.69) is 10.6 Å². The van der Waals surface area contributed by atoms with Crippen molar-refractivity contribution in [2.45, 2.75) is 31.0 Å². The Hall–Kier alpha value is -2.53. The number of amides is 2. The highest BCUT2D eigenvalue weighted by Gasteiger charge is 2.62. The molecule has 1 aliphatic heterocycles. The molecule has 2 amide bonds. The quantitative estimate of drug-likeness (QED) is 0.348. The summed E-state index contributed by atoms with van der Waals surface area (Å²) < 4.78 is 41.7. The van der Waals surface area contributed by atoms with Gasteiger partial charge < -0.3 is 25.5 Å². The van der Waals surface area contributed by atoms with Gasteiger partial charge in [0.05, 0.1) is 10.6 Å². The lowest BCUT2D eigenvalue weighted by molar-refractivity contribution is -0.262. The van der Waals surface area contributed by atoms with Gasteiger partial charge in [-0.2, -0.15) is 13.2 Å². The molecule has 1 aliphatic rings. The van der Waals surface area contributed by atoms with Crippen LogP contribution < -0.4 is 10.6 Å². The molecule has 1 fully saturated rings. The first-order chi connectivity index (χ1) is 18.3. The van der Waals surface area contributed by atoms with Gasteiger partial charge >= 0.3 is 6.18 Å². The number of likely N-dealkylation sites (tertiary alicyclic amines) is 1. The van der Waals surface area contributed by atoms with Gasteiger partial charge in [0, 0.05) is 50.0 Å². The summed E-state index contributed by atoms with van der Waals surface area (Å²) in [5.74, 6) is -1.34. The van der Waals surface area contributed by atoms with E-state index in [-0.39, 0.29) is 29.9 Å². The van der Waals surface area contributed by atoms with Gasteiger partial charge in [-0.15, -0.1) is 0 Å². The number of anilines is 1. The van der Waals surface area contributed by atoms with Gasteiger partial charge in [-0.05, 0) is 68.6 Å². The molecular formula is C27H33Cl2F3N4O3. The van der Waals surface area contributed by atoms with Crippen LogP contribution in [0.4, 0.5) is 18.9 Å². The zero-order valence-electron chi connectivity index (χ0n) is 21.8. The summed E-state index contributed by atoms with van der Waals surface area (Å²) >= 11 is 12.1. The maximum Gasteiger partial charge on any atom is 0.430 e. The Morgan fingerprint density at radius 1 is 1.08 bits per heavy atom. The number of benzene rings is 2. The average molecular weight is 589 g/mol. The minimum Gasteiger partial charge on any atom is -0.385 e. The molecule has 0 bridgehead atoms. The highest BCUT2D eigenvalue weighted by Crippen LogP contribution is 2.41. The number of nitrogens with zero attached hydrogens (tertiary/aromatic N) is 2. The number of hydrogen-bond donors (Lipinski definition) is 3. The number of piperidine rings is 1. The molecule has 2 aromatic carbocycles. The van der Waals surface area contributed by atoms with Crippen LogP contribution in [0.25, 0.3) is 0 Å². The van der Waals surface area contributed by atoms with Gasteiger partial charge in [-0.1, -0.05) is 35.3 Å². The van der Waals surface area contributed by atoms with E-state index in [0.29, 0.717) is 36.5 Å². The molecule has 39 heavy (non-hydrogen) atoms. The standard InChI is InChI=1S/C27H33Cl2F3N4O3/c1-35(2)24(37)22-8-7-21(16-23(22)29)34-12-4-11-33-17-18-9-13-36(14-10-18)25(38)26(39,27(30,31)32)19-5-3-6-20(28)15-19/h3,5-8,15-16,18,33-34,39H,4,9-14,17H2,1-2H3. The third-order valence-electron chi connectivity index (χ3n) is 6.76. The second-order valence-corrected chi connectivity index (χ2v) is 10.7. The van der Waals surface area contributed by atoms with Crippen molar-refractivity contribution < 1.29 is 27.9 Å². The zero-order chi connectivity index (χ0) is 28.8. The van der Waals surface area contributed by atoms with Crippen LogP contribution in [0.5, 0.6) is 0 Å². The lowest BCUT2D eigenvalue weighted by atomic mass is 9.89. The Labute approximate surface area is 236 Å². The first-order valence-electron chi connectivity index (χ1n) is 12.6. The van der Waals surface area contributed by atoms with E-state index < -0.39 is 23.2 Å². The lowest BCUT2D eigenvalue weighted by Gasteiger charge is -2.38. The Morgan fingerprint density at radius 3 is 2.36 bits per heavy atom. The summed E-state index contributed by atoms with van der Waals surface area (Å²) in [6, 6.07) is 9.88. The van der Waals surface area contributed by atoms with Crippen molar-refractivity contribution in [3.63, 3.8) is 0 Å². The molecule has 1 unspecified atom stereocenters. The third kappa shape index (κ3) is 7.57. The Balaban J connectivity index is 1.41. The maximum absolute atomic E-state index is 13.9. The summed E-state index contributed by atoms with van der Waals surface area (Å²) in [7, 11) is 3.33. The second-order valence-electron chi connectivity index (χ2n) is 9.83. The first-order valence-corrected chi connectivity index (χ1v) is 13.4. The van der Waals surface area contributed by atoms with Crippen molar-refractivity contribution in [2.24, 2.45) is 5.92 Å². The Kier molecular flexibility index (Phi) is 10.5. The molecule has 0 aromatic heterocycles. The summed E-state index contributed by atoms with van der Waals surface area (Å²) in [5, 5.41) is 17.6. The van der Waals surface area contributed by atoms with Gasteiger partial charge in [0.1, 0.15) is 0 Å². The highest BCUT2D eigenvalue weighted by atomic mass is 35.5. The van der Waals surface area contributed by atoms with E-state index in [4.69, 9.17) is 23.2 Å². The fourth-order valence-electron chi connectivity index (χ4n) is 4.48. The van der Waals surface area contributed by atoms with Gasteiger partial charge in [-0.3, -0.25) is 9.59 Å². The largest absolute Gasteiger partial charge is 0.430 e. The summed E-state index contributed by atoms with van der Waals surface area (Å²) in [5.41, 5.74) is -2.99. The van der Waals surface area contributed by atoms with Crippen molar-refractivity contribution in [2.75, 3.05) is 52.1 Å². The zero-order valence-corrected chi connectivity index (χ0v) is 23.3. The van der Waals surface area contributed by atoms with Crippen LogP contribution in [0.15, 0.2) is 42.5 Å². The van der Waals surface area contributed by atoms with E-state index in [1.165, 1.54) is 17.0 Å². The van der Waals surface area contributed by atoms with Gasteiger partial charge in [0.25, 0.3) is 17.4 Å². The van der Waals surface area contributed by atoms with E-state index in [9.17, 15) is 27.9 Å². The molecule has 3 rings (SSSR count). The van der Waals surface area contributed by atoms with E-state index >= 15 is 0 Å². The van der Waals surface area contributed by atoms with Crippen LogP contribution in [0.1, 0.15) is 35.2 Å². The molecule has 12 heteroatoms. The summed E-state index contributed by atoms with van der Waals surface area (Å²) in [6.07, 6.45) is -3.34. The molecule has 214 valence electrons. The molecule has 1 atom stereocenters. The number of halogens is 5. The molecular weight excluding hydrogens is 556 g/mol. The normalized spacial score (nSPS) is 16.1. The van der Waals surface area contributed by atoms with Crippen LogP contribution in [0.2, 0.25) is 10.0 Å². The average Bonchev–Trinajstić information content (AvgIpc) is 2.89. The van der Waals surface area contributed by atoms with E-state index in [1.54, 1.807) is 32.3 Å². The lowest BCUT2D eigenvalue weighted by Crippen LogP contribution is -2.57. The summed E-state index contributed by atoms with van der Waals surface area (Å²) in [6.45, 7) is 2.32. The fraction of sp³-hybridized carbons (Fsp3) is 0.481. The topological polar surface area (TPSA) is 84.9 Å². The van der Waals surface area contributed by atoms with Crippen LogP contribution in [0.3, 0.4) is 0 Å². The highest BCUT2D eigenvalue weighted by molar-refractivity contribution is 6.34. The summed E-state index contributed by atoms with van der Waals surface area (Å²) in [4.78, 5) is 27.5. The SMILES string of the molecule is CN(C)C(=O)c1ccc(NCCCNCC2CCN(C(=O)C(O)(c3cccc(Cl)c3)C(F)(F)F)CC2)cc1Cl. The number of carbonyl (C=O) groups excluding carboxylic acids is 2. The monoisotopic (exact) mass is 588 g/mol. The van der Waals surface area contributed by atoms with Crippen molar-refractivity contribution >= 4 is 40.7 Å². The van der Waals surface area contributed by atoms with Crippen molar-refractivity contribution in [3.8, 4) is 0 Å². The predicted octanol–water partition coefficient (Wildman–Crippen LogP) is 4.78. The molecule has 1 heterocycles. The number of hydrogen-bond acceptors (Lipinski definition) is 5. The van der Waals surface area contributed by atoms with Crippen LogP contribution >= 0.6 is 23.2 Å². The smallest absolute Gasteiger partial charge is 0.385 e. The second kappa shape index (κ2) is 13.2. The van der Waals surface area contributed by atoms with Gasteiger partial charge in [0.15, 0.2) is 0 Å². The molecule has 1 saturated heterocycles. The molecule has 0 saturated carbocycles. The van der Waals surface area contributed by atoms with E-state index in [1.807, 2.05) is 0 Å². The van der Waals surface area contributed by atoms with Crippen LogP contribution in [-0.2, 0) is 10.4 Å². The van der Waals surface area contributed by atoms with Gasteiger partial charge in [0.2, 0.25) is 0 Å². The van der Waals surface area contributed by atoms with Crippen molar-refractivity contribution in [1.29, 1.82) is 0 Å². The van der Waals surface area contributed by atoms with Crippen LogP contribution in [-0.4, -0.2) is 79.7 Å². The van der Waals surface area contributed by atoms with E-state index in [0.717, 1.165) is 35.7 Å². The Morgan fingerprint density at radius 2 is 1.77 bits per heavy atom. The third-order valence-corrected chi connectivity index (χ3v) is 7.31. The molecule has 7 nitrogen and oxygen atoms in total. The molecule has 0 aliphatic carbocycles. The van der Waals surface area contributed by atoms with Crippen LogP contribution in [0, 0.1) is 5.92 Å². The molecule has 0 radical (unpaired) electrons. The molecule has 3 N–H and O–H groups in total. The number of rotatable bonds is 10. The van der Waals surface area contributed by atoms with Crippen molar-refractivity contribution in [3.05, 3.63) is 63.6 Å².